The van der Waals surface area contributed by atoms with Crippen LogP contribution in [-0.4, -0.2) is 56.0 Å². The smallest absolute Gasteiger partial charge is 0.410 e. The second kappa shape index (κ2) is 10.5. The number of ether oxygens (including phenoxy) is 1. The summed E-state index contributed by atoms with van der Waals surface area (Å²) in [5.41, 5.74) is 4.17. The van der Waals surface area contributed by atoms with Crippen molar-refractivity contribution in [3.8, 4) is 21.8 Å². The van der Waals surface area contributed by atoms with E-state index in [0.29, 0.717) is 25.2 Å². The van der Waals surface area contributed by atoms with Gasteiger partial charge in [0.25, 0.3) is 5.92 Å². The maximum atomic E-state index is 13.0. The molecular weight excluding hydrogens is 538 g/mol. The molecule has 2 N–H and O–H groups in total. The largest absolute Gasteiger partial charge is 0.444 e. The highest BCUT2D eigenvalue weighted by Crippen LogP contribution is 2.33. The standard InChI is InChI=1S/C28H30F2N6O3S/c1-27(2,3)39-26(38)35-10-9-20-22(15-35)40-24(34-20)18-8-11-36-21(14-31-23(36)13-18)17-6-5-7-19(12-17)33-25(37)32-16-28(4,29)30/h5-8,11-14H,9-10,15-16H2,1-4H3,(H2,32,33,37). The number of amides is 3. The van der Waals surface area contributed by atoms with Crippen LogP contribution in [0.25, 0.3) is 27.5 Å². The number of aromatic nitrogens is 3. The van der Waals surface area contributed by atoms with Gasteiger partial charge in [0, 0.05) is 47.8 Å². The first kappa shape index (κ1) is 27.5. The fourth-order valence-electron chi connectivity index (χ4n) is 4.30. The quantitative estimate of drug-likeness (QED) is 0.299. The molecule has 0 aliphatic carbocycles. The lowest BCUT2D eigenvalue weighted by Gasteiger charge is -2.29. The summed E-state index contributed by atoms with van der Waals surface area (Å²) in [6, 6.07) is 10.3. The van der Waals surface area contributed by atoms with Crippen LogP contribution < -0.4 is 10.6 Å². The number of carbonyl (C=O) groups is 2. The number of halogens is 2. The maximum absolute atomic E-state index is 13.0. The molecule has 3 amide bonds. The number of urea groups is 1. The third-order valence-electron chi connectivity index (χ3n) is 6.12. The first-order chi connectivity index (χ1) is 18.8. The molecule has 1 aliphatic heterocycles. The molecule has 9 nitrogen and oxygen atoms in total. The molecule has 0 fully saturated rings. The maximum Gasteiger partial charge on any atom is 0.410 e. The highest BCUT2D eigenvalue weighted by atomic mass is 32.1. The number of imidazole rings is 1. The number of hydrogen-bond donors (Lipinski definition) is 2. The van der Waals surface area contributed by atoms with E-state index in [1.165, 1.54) is 0 Å². The Morgan fingerprint density at radius 1 is 1.12 bits per heavy atom. The Kier molecular flexibility index (Phi) is 7.21. The van der Waals surface area contributed by atoms with Crippen LogP contribution >= 0.6 is 11.3 Å². The van der Waals surface area contributed by atoms with E-state index >= 15 is 0 Å². The zero-order valence-corrected chi connectivity index (χ0v) is 23.4. The Hall–Kier alpha value is -4.06. The van der Waals surface area contributed by atoms with Crippen LogP contribution in [0.2, 0.25) is 0 Å². The predicted molar refractivity (Wildman–Crippen MR) is 150 cm³/mol. The molecule has 0 atom stereocenters. The van der Waals surface area contributed by atoms with Gasteiger partial charge in [0.05, 0.1) is 30.7 Å². The van der Waals surface area contributed by atoms with Gasteiger partial charge in [0.1, 0.15) is 16.3 Å². The van der Waals surface area contributed by atoms with Crippen molar-refractivity contribution in [2.24, 2.45) is 0 Å². The van der Waals surface area contributed by atoms with Crippen LogP contribution in [0.15, 0.2) is 48.8 Å². The third kappa shape index (κ3) is 6.39. The minimum absolute atomic E-state index is 0.318. The third-order valence-corrected chi connectivity index (χ3v) is 7.25. The molecule has 1 aromatic carbocycles. The van der Waals surface area contributed by atoms with E-state index in [2.05, 4.69) is 15.6 Å². The summed E-state index contributed by atoms with van der Waals surface area (Å²) in [5, 5.41) is 5.61. The highest BCUT2D eigenvalue weighted by Gasteiger charge is 2.28. The molecule has 0 spiro atoms. The van der Waals surface area contributed by atoms with E-state index in [4.69, 9.17) is 9.72 Å². The van der Waals surface area contributed by atoms with Crippen molar-refractivity contribution in [3.05, 3.63) is 59.4 Å². The first-order valence-electron chi connectivity index (χ1n) is 12.8. The van der Waals surface area contributed by atoms with Gasteiger partial charge in [-0.25, -0.2) is 28.3 Å². The number of hydrogen-bond acceptors (Lipinski definition) is 6. The number of alkyl halides is 2. The van der Waals surface area contributed by atoms with Crippen molar-refractivity contribution in [1.29, 1.82) is 0 Å². The molecule has 0 bridgehead atoms. The molecule has 1 aliphatic rings. The normalized spacial score (nSPS) is 13.7. The van der Waals surface area contributed by atoms with E-state index < -0.39 is 24.1 Å². The molecule has 12 heteroatoms. The minimum atomic E-state index is -2.99. The molecule has 4 aromatic rings. The molecule has 210 valence electrons. The lowest BCUT2D eigenvalue weighted by molar-refractivity contribution is 0.0224. The predicted octanol–water partition coefficient (Wildman–Crippen LogP) is 6.19. The van der Waals surface area contributed by atoms with Crippen molar-refractivity contribution < 1.29 is 23.1 Å². The first-order valence-corrected chi connectivity index (χ1v) is 13.6. The van der Waals surface area contributed by atoms with Crippen molar-refractivity contribution in [1.82, 2.24) is 24.6 Å². The van der Waals surface area contributed by atoms with Gasteiger partial charge in [0.15, 0.2) is 0 Å². The van der Waals surface area contributed by atoms with Gasteiger partial charge in [-0.05, 0) is 45.0 Å². The zero-order valence-electron chi connectivity index (χ0n) is 22.6. The van der Waals surface area contributed by atoms with Crippen LogP contribution in [-0.2, 0) is 17.7 Å². The average molecular weight is 569 g/mol. The van der Waals surface area contributed by atoms with Gasteiger partial charge < -0.3 is 20.3 Å². The number of thiazole rings is 1. The number of pyridine rings is 1. The van der Waals surface area contributed by atoms with Crippen LogP contribution in [0.4, 0.5) is 24.1 Å². The van der Waals surface area contributed by atoms with Gasteiger partial charge in [0.2, 0.25) is 0 Å². The summed E-state index contributed by atoms with van der Waals surface area (Å²) >= 11 is 1.56. The summed E-state index contributed by atoms with van der Waals surface area (Å²) in [6.07, 6.45) is 4.00. The molecule has 0 unspecified atom stereocenters. The fourth-order valence-corrected chi connectivity index (χ4v) is 5.42. The zero-order chi connectivity index (χ0) is 28.7. The number of fused-ring (bicyclic) bond motifs is 2. The lowest BCUT2D eigenvalue weighted by atomic mass is 10.1. The average Bonchev–Trinajstić information content (AvgIpc) is 3.49. The summed E-state index contributed by atoms with van der Waals surface area (Å²) in [7, 11) is 0. The second-order valence-electron chi connectivity index (χ2n) is 10.8. The fraction of sp³-hybridized carbons (Fsp3) is 0.357. The summed E-state index contributed by atoms with van der Waals surface area (Å²) in [5.74, 6) is -2.99. The Morgan fingerprint density at radius 3 is 2.67 bits per heavy atom. The Balaban J connectivity index is 1.32. The molecule has 5 rings (SSSR count). The number of carbonyl (C=O) groups excluding carboxylic acids is 2. The summed E-state index contributed by atoms with van der Waals surface area (Å²) in [6.45, 7) is 6.60. The molecule has 0 saturated heterocycles. The van der Waals surface area contributed by atoms with Crippen LogP contribution in [0.3, 0.4) is 0 Å². The molecule has 0 saturated carbocycles. The SMILES string of the molecule is CC(F)(F)CNC(=O)Nc1cccc(-c2cnc3cc(-c4nc5c(s4)CN(C(=O)OC(C)(C)C)CC5)ccn23)c1. The van der Waals surface area contributed by atoms with Crippen LogP contribution in [0.5, 0.6) is 0 Å². The van der Waals surface area contributed by atoms with Gasteiger partial charge in [-0.2, -0.15) is 0 Å². The monoisotopic (exact) mass is 568 g/mol. The summed E-state index contributed by atoms with van der Waals surface area (Å²) in [4.78, 5) is 36.7. The molecular formula is C28H30F2N6O3S. The van der Waals surface area contributed by atoms with Gasteiger partial charge >= 0.3 is 12.1 Å². The molecule has 3 aromatic heterocycles. The number of benzene rings is 1. The number of rotatable bonds is 5. The molecule has 0 radical (unpaired) electrons. The van der Waals surface area contributed by atoms with E-state index in [1.54, 1.807) is 40.6 Å². The van der Waals surface area contributed by atoms with Gasteiger partial charge in [-0.15, -0.1) is 11.3 Å². The number of nitrogens with zero attached hydrogens (tertiary/aromatic N) is 4. The molecule has 4 heterocycles. The van der Waals surface area contributed by atoms with E-state index in [9.17, 15) is 18.4 Å². The minimum Gasteiger partial charge on any atom is -0.444 e. The summed E-state index contributed by atoms with van der Waals surface area (Å²) < 4.78 is 33.5. The van der Waals surface area contributed by atoms with E-state index in [1.807, 2.05) is 49.6 Å². The number of anilines is 1. The Morgan fingerprint density at radius 2 is 1.93 bits per heavy atom. The van der Waals surface area contributed by atoms with Crippen LogP contribution in [0, 0.1) is 0 Å². The van der Waals surface area contributed by atoms with E-state index in [-0.39, 0.29) is 6.09 Å². The van der Waals surface area contributed by atoms with Crippen molar-refractivity contribution >= 4 is 34.8 Å². The van der Waals surface area contributed by atoms with Gasteiger partial charge in [-0.1, -0.05) is 12.1 Å². The van der Waals surface area contributed by atoms with E-state index in [0.717, 1.165) is 45.0 Å². The lowest BCUT2D eigenvalue weighted by Crippen LogP contribution is -2.39. The van der Waals surface area contributed by atoms with Gasteiger partial charge in [-0.3, -0.25) is 4.40 Å². The Labute approximate surface area is 234 Å². The highest BCUT2D eigenvalue weighted by molar-refractivity contribution is 7.15. The molecule has 40 heavy (non-hydrogen) atoms. The topological polar surface area (TPSA) is 101 Å². The van der Waals surface area contributed by atoms with Crippen molar-refractivity contribution in [3.63, 3.8) is 0 Å². The second-order valence-corrected chi connectivity index (χ2v) is 11.9. The van der Waals surface area contributed by atoms with Crippen molar-refractivity contribution in [2.45, 2.75) is 52.2 Å². The number of nitrogens with one attached hydrogen (secondary N) is 2. The van der Waals surface area contributed by atoms with Crippen molar-refractivity contribution in [2.75, 3.05) is 18.4 Å². The van der Waals surface area contributed by atoms with Crippen LogP contribution in [0.1, 0.15) is 38.3 Å². The Bertz CT molecular complexity index is 1570.